The summed E-state index contributed by atoms with van der Waals surface area (Å²) in [7, 11) is 0. The van der Waals surface area contributed by atoms with E-state index < -0.39 is 0 Å². The summed E-state index contributed by atoms with van der Waals surface area (Å²) in [4.78, 5) is 37.4. The van der Waals surface area contributed by atoms with Gasteiger partial charge in [-0.25, -0.2) is 9.37 Å². The summed E-state index contributed by atoms with van der Waals surface area (Å²) in [5.74, 6) is -0.00340. The number of aromatic nitrogens is 2. The van der Waals surface area contributed by atoms with Gasteiger partial charge in [0, 0.05) is 38.9 Å². The van der Waals surface area contributed by atoms with Crippen molar-refractivity contribution in [1.29, 1.82) is 0 Å². The van der Waals surface area contributed by atoms with Gasteiger partial charge in [-0.3, -0.25) is 18.9 Å². The summed E-state index contributed by atoms with van der Waals surface area (Å²) < 4.78 is 16.3. The Bertz CT molecular complexity index is 1480. The van der Waals surface area contributed by atoms with Crippen LogP contribution in [-0.4, -0.2) is 57.2 Å². The van der Waals surface area contributed by atoms with Gasteiger partial charge in [-0.15, -0.1) is 6.58 Å². The number of benzene rings is 1. The molecule has 184 valence electrons. The summed E-state index contributed by atoms with van der Waals surface area (Å²) >= 11 is 6.53. The fourth-order valence-corrected chi connectivity index (χ4v) is 5.71. The number of hydrogen-bond donors (Lipinski definition) is 0. The number of para-hydroxylation sites is 1. The summed E-state index contributed by atoms with van der Waals surface area (Å²) in [6, 6.07) is 10.4. The van der Waals surface area contributed by atoms with Crippen LogP contribution in [0.2, 0.25) is 0 Å². The minimum Gasteiger partial charge on any atom is -0.366 e. The molecule has 0 unspecified atom stereocenters. The first-order chi connectivity index (χ1) is 17.4. The van der Waals surface area contributed by atoms with E-state index in [1.165, 1.54) is 27.1 Å². The predicted molar refractivity (Wildman–Crippen MR) is 147 cm³/mol. The first kappa shape index (κ1) is 24.2. The molecular weight excluding hydrogens is 497 g/mol. The molecule has 4 heterocycles. The molecule has 0 atom stereocenters. The number of aryl methyl sites for hydroxylation is 1. The van der Waals surface area contributed by atoms with Gasteiger partial charge in [0.05, 0.1) is 16.2 Å². The zero-order chi connectivity index (χ0) is 25.4. The van der Waals surface area contributed by atoms with Crippen molar-refractivity contribution in [2.45, 2.75) is 6.92 Å². The van der Waals surface area contributed by atoms with Gasteiger partial charge in [-0.2, -0.15) is 0 Å². The molecule has 0 aliphatic carbocycles. The van der Waals surface area contributed by atoms with Crippen molar-refractivity contribution >= 4 is 57.4 Å². The second-order valence-electron chi connectivity index (χ2n) is 8.55. The van der Waals surface area contributed by atoms with E-state index in [-0.39, 0.29) is 17.3 Å². The van der Waals surface area contributed by atoms with Gasteiger partial charge >= 0.3 is 0 Å². The third-order valence-electron chi connectivity index (χ3n) is 6.30. The van der Waals surface area contributed by atoms with Crippen molar-refractivity contribution in [3.63, 3.8) is 0 Å². The molecule has 36 heavy (non-hydrogen) atoms. The van der Waals surface area contributed by atoms with Gasteiger partial charge in [-0.1, -0.05) is 48.3 Å². The Morgan fingerprint density at radius 1 is 1.11 bits per heavy atom. The molecular formula is C26H24FN5O2S2. The first-order valence-electron chi connectivity index (χ1n) is 11.5. The molecule has 3 aromatic rings. The highest BCUT2D eigenvalue weighted by Crippen LogP contribution is 2.34. The molecule has 0 saturated carbocycles. The number of amides is 1. The minimum atomic E-state index is -0.260. The Kier molecular flexibility index (Phi) is 6.63. The van der Waals surface area contributed by atoms with E-state index in [1.54, 1.807) is 36.5 Å². The number of pyridine rings is 1. The van der Waals surface area contributed by atoms with Crippen LogP contribution in [0.5, 0.6) is 0 Å². The summed E-state index contributed by atoms with van der Waals surface area (Å²) in [5, 5.41) is 0. The number of hydrogen-bond acceptors (Lipinski definition) is 7. The number of carbonyl (C=O) groups is 1. The normalized spacial score (nSPS) is 17.5. The lowest BCUT2D eigenvalue weighted by Gasteiger charge is -2.37. The Hall–Kier alpha value is -3.50. The molecule has 0 bridgehead atoms. The number of halogens is 1. The molecule has 2 aromatic heterocycles. The average Bonchev–Trinajstić information content (AvgIpc) is 3.14. The molecule has 10 heteroatoms. The third kappa shape index (κ3) is 4.31. The van der Waals surface area contributed by atoms with E-state index in [0.29, 0.717) is 64.7 Å². The smallest absolute Gasteiger partial charge is 0.267 e. The lowest BCUT2D eigenvalue weighted by Crippen LogP contribution is -2.47. The molecule has 2 aliphatic heterocycles. The van der Waals surface area contributed by atoms with Crippen LogP contribution < -0.4 is 15.4 Å². The van der Waals surface area contributed by atoms with Crippen LogP contribution in [0, 0.1) is 12.7 Å². The molecule has 0 spiro atoms. The molecule has 0 N–H and O–H groups in total. The Morgan fingerprint density at radius 2 is 1.83 bits per heavy atom. The fraction of sp³-hybridized carbons (Fsp3) is 0.231. The number of rotatable bonds is 5. The lowest BCUT2D eigenvalue weighted by atomic mass is 10.2. The van der Waals surface area contributed by atoms with E-state index >= 15 is 0 Å². The Morgan fingerprint density at radius 3 is 2.56 bits per heavy atom. The van der Waals surface area contributed by atoms with Crippen molar-refractivity contribution in [3.05, 3.63) is 87.5 Å². The van der Waals surface area contributed by atoms with Gasteiger partial charge in [0.2, 0.25) is 0 Å². The number of carbonyl (C=O) groups excluding carboxylic acids is 1. The van der Waals surface area contributed by atoms with E-state index in [9.17, 15) is 14.0 Å². The summed E-state index contributed by atoms with van der Waals surface area (Å²) in [6.07, 6.45) is 4.90. The van der Waals surface area contributed by atoms with E-state index in [1.807, 2.05) is 28.9 Å². The van der Waals surface area contributed by atoms with Gasteiger partial charge in [0.25, 0.3) is 11.5 Å². The number of thiocarbonyl (C=S) groups is 1. The monoisotopic (exact) mass is 521 g/mol. The minimum absolute atomic E-state index is 0.256. The zero-order valence-corrected chi connectivity index (χ0v) is 21.3. The van der Waals surface area contributed by atoms with Crippen LogP contribution in [0.1, 0.15) is 11.1 Å². The molecule has 2 aliphatic rings. The highest BCUT2D eigenvalue weighted by atomic mass is 32.2. The lowest BCUT2D eigenvalue weighted by molar-refractivity contribution is -0.121. The van der Waals surface area contributed by atoms with Gasteiger partial charge in [0.15, 0.2) is 0 Å². The Labute approximate surface area is 217 Å². The number of thioether (sulfide) groups is 1. The summed E-state index contributed by atoms with van der Waals surface area (Å²) in [5.41, 5.74) is 2.06. The quantitative estimate of drug-likeness (QED) is 0.287. The van der Waals surface area contributed by atoms with Crippen LogP contribution in [0.15, 0.2) is 64.9 Å². The number of fused-ring (bicyclic) bond motifs is 1. The van der Waals surface area contributed by atoms with Gasteiger partial charge in [-0.05, 0) is 36.8 Å². The standard InChI is InChI=1S/C26H24FN5O2S2/c1-3-10-32-25(34)21(36-26(32)35)16-18-23(28-22-17(2)7-6-11-31(22)24(18)33)30-14-12-29(13-15-30)20-9-5-4-8-19(20)27/h3-9,11,16H,1,10,12-15H2,2H3/b21-16+. The molecule has 1 amide bonds. The van der Waals surface area contributed by atoms with Crippen LogP contribution in [0.3, 0.4) is 0 Å². The van der Waals surface area contributed by atoms with Crippen LogP contribution >= 0.6 is 24.0 Å². The molecule has 7 nitrogen and oxygen atoms in total. The van der Waals surface area contributed by atoms with Crippen molar-refractivity contribution < 1.29 is 9.18 Å². The van der Waals surface area contributed by atoms with Gasteiger partial charge < -0.3 is 9.80 Å². The number of nitrogens with zero attached hydrogens (tertiary/aromatic N) is 5. The Balaban J connectivity index is 1.55. The second-order valence-corrected chi connectivity index (χ2v) is 10.2. The van der Waals surface area contributed by atoms with Crippen molar-refractivity contribution in [2.24, 2.45) is 0 Å². The van der Waals surface area contributed by atoms with Gasteiger partial charge in [0.1, 0.15) is 21.6 Å². The molecule has 0 radical (unpaired) electrons. The molecule has 1 aromatic carbocycles. The van der Waals surface area contributed by atoms with Crippen LogP contribution in [0.4, 0.5) is 15.9 Å². The maximum absolute atomic E-state index is 14.3. The van der Waals surface area contributed by atoms with E-state index in [2.05, 4.69) is 6.58 Å². The largest absolute Gasteiger partial charge is 0.366 e. The van der Waals surface area contributed by atoms with E-state index in [4.69, 9.17) is 17.2 Å². The summed E-state index contributed by atoms with van der Waals surface area (Å²) in [6.45, 7) is 8.12. The fourth-order valence-electron chi connectivity index (χ4n) is 4.45. The highest BCUT2D eigenvalue weighted by Gasteiger charge is 2.32. The molecule has 2 fully saturated rings. The topological polar surface area (TPSA) is 61.2 Å². The first-order valence-corrected chi connectivity index (χ1v) is 12.7. The van der Waals surface area contributed by atoms with E-state index in [0.717, 1.165) is 5.56 Å². The number of anilines is 2. The predicted octanol–water partition coefficient (Wildman–Crippen LogP) is 3.86. The van der Waals surface area contributed by atoms with Crippen molar-refractivity contribution in [2.75, 3.05) is 42.5 Å². The average molecular weight is 522 g/mol. The zero-order valence-electron chi connectivity index (χ0n) is 19.7. The second kappa shape index (κ2) is 9.87. The molecule has 2 saturated heterocycles. The van der Waals surface area contributed by atoms with Crippen molar-refractivity contribution in [1.82, 2.24) is 14.3 Å². The SMILES string of the molecule is C=CCN1C(=O)/C(=C\c2c(N3CCN(c4ccccc4F)CC3)nc3c(C)cccn3c2=O)SC1=S. The van der Waals surface area contributed by atoms with Crippen molar-refractivity contribution in [3.8, 4) is 0 Å². The number of piperazine rings is 1. The van der Waals surface area contributed by atoms with Crippen LogP contribution in [-0.2, 0) is 4.79 Å². The maximum Gasteiger partial charge on any atom is 0.267 e. The highest BCUT2D eigenvalue weighted by molar-refractivity contribution is 8.26. The third-order valence-corrected chi connectivity index (χ3v) is 7.67. The molecule has 5 rings (SSSR count). The maximum atomic E-state index is 14.3. The van der Waals surface area contributed by atoms with Crippen LogP contribution in [0.25, 0.3) is 11.7 Å².